The summed E-state index contributed by atoms with van der Waals surface area (Å²) >= 11 is 0. The number of benzene rings is 2. The molecule has 0 bridgehead atoms. The number of aryl methyl sites for hydroxylation is 2. The molecular formula is C23H22N4O3. The van der Waals surface area contributed by atoms with Crippen LogP contribution in [0.4, 0.5) is 11.6 Å². The zero-order valence-corrected chi connectivity index (χ0v) is 16.6. The normalized spacial score (nSPS) is 15.3. The highest BCUT2D eigenvalue weighted by Gasteiger charge is 2.31. The van der Waals surface area contributed by atoms with Crippen molar-refractivity contribution >= 4 is 23.5 Å². The Bertz CT molecular complexity index is 1100. The van der Waals surface area contributed by atoms with Gasteiger partial charge in [0.1, 0.15) is 0 Å². The first-order chi connectivity index (χ1) is 14.5. The van der Waals surface area contributed by atoms with Crippen molar-refractivity contribution in [1.82, 2.24) is 9.97 Å². The van der Waals surface area contributed by atoms with Gasteiger partial charge in [-0.2, -0.15) is 0 Å². The zero-order valence-electron chi connectivity index (χ0n) is 16.6. The number of carboxylic acid groups (broad SMARTS) is 1. The minimum absolute atomic E-state index is 0.0512. The van der Waals surface area contributed by atoms with Crippen molar-refractivity contribution in [3.8, 4) is 0 Å². The van der Waals surface area contributed by atoms with Crippen LogP contribution in [0.3, 0.4) is 0 Å². The number of aromatic nitrogens is 2. The van der Waals surface area contributed by atoms with E-state index in [2.05, 4.69) is 14.9 Å². The van der Waals surface area contributed by atoms with Gasteiger partial charge < -0.3 is 15.7 Å². The van der Waals surface area contributed by atoms with Crippen molar-refractivity contribution in [2.45, 2.75) is 32.2 Å². The second-order valence-electron chi connectivity index (χ2n) is 7.45. The third-order valence-electron chi connectivity index (χ3n) is 5.52. The number of carbonyl (C=O) groups is 2. The largest absolute Gasteiger partial charge is 0.478 e. The number of hydrogen-bond donors (Lipinski definition) is 2. The number of anilines is 2. The molecule has 152 valence electrons. The molecular weight excluding hydrogens is 380 g/mol. The van der Waals surface area contributed by atoms with Gasteiger partial charge >= 0.3 is 5.97 Å². The minimum atomic E-state index is -1.16. The molecule has 1 heterocycles. The Balaban J connectivity index is 1.80. The number of aromatic carboxylic acids is 1. The molecule has 1 aliphatic rings. The van der Waals surface area contributed by atoms with E-state index in [4.69, 9.17) is 5.73 Å². The van der Waals surface area contributed by atoms with Crippen LogP contribution < -0.4 is 10.6 Å². The molecule has 0 spiro atoms. The van der Waals surface area contributed by atoms with Crippen molar-refractivity contribution in [2.24, 2.45) is 5.73 Å². The predicted octanol–water partition coefficient (Wildman–Crippen LogP) is 3.28. The average molecular weight is 402 g/mol. The predicted molar refractivity (Wildman–Crippen MR) is 113 cm³/mol. The fraction of sp³-hybridized carbons (Fsp3) is 0.217. The van der Waals surface area contributed by atoms with E-state index in [0.29, 0.717) is 24.4 Å². The topological polar surface area (TPSA) is 109 Å². The standard InChI is InChI=1S/C23H22N4O3/c1-14-3-7-16(8-4-14)27(23-25-11-2-12-26-23)17-9-5-15-6-10-18(22(29)30)20(21(24)28)19(15)13-17/h2-4,6-8,10-12,17H,5,9,13H2,1H3,(H2,24,28)(H,29,30). The molecule has 3 N–H and O–H groups in total. The van der Waals surface area contributed by atoms with Crippen molar-refractivity contribution in [1.29, 1.82) is 0 Å². The van der Waals surface area contributed by atoms with Crippen LogP contribution in [-0.2, 0) is 12.8 Å². The lowest BCUT2D eigenvalue weighted by molar-refractivity contribution is 0.0691. The third kappa shape index (κ3) is 3.61. The van der Waals surface area contributed by atoms with Gasteiger partial charge in [0.2, 0.25) is 11.9 Å². The summed E-state index contributed by atoms with van der Waals surface area (Å²) in [4.78, 5) is 34.8. The lowest BCUT2D eigenvalue weighted by Crippen LogP contribution is -2.38. The van der Waals surface area contributed by atoms with Gasteiger partial charge in [-0.05, 0) is 61.6 Å². The van der Waals surface area contributed by atoms with Gasteiger partial charge in [0, 0.05) is 24.1 Å². The van der Waals surface area contributed by atoms with Gasteiger partial charge in [0.15, 0.2) is 0 Å². The molecule has 7 heteroatoms. The van der Waals surface area contributed by atoms with Crippen LogP contribution in [0.25, 0.3) is 0 Å². The Labute approximate surface area is 174 Å². The zero-order chi connectivity index (χ0) is 21.3. The Morgan fingerprint density at radius 1 is 1.10 bits per heavy atom. The van der Waals surface area contributed by atoms with E-state index in [-0.39, 0.29) is 17.2 Å². The molecule has 1 unspecified atom stereocenters. The van der Waals surface area contributed by atoms with Gasteiger partial charge in [0.25, 0.3) is 0 Å². The molecule has 0 saturated heterocycles. The number of carboxylic acids is 1. The summed E-state index contributed by atoms with van der Waals surface area (Å²) in [6.45, 7) is 2.02. The SMILES string of the molecule is Cc1ccc(N(c2ncccn2)C2CCc3ccc(C(=O)O)c(C(N)=O)c3C2)cc1. The number of amides is 1. The van der Waals surface area contributed by atoms with Crippen LogP contribution in [0.15, 0.2) is 54.9 Å². The summed E-state index contributed by atoms with van der Waals surface area (Å²) in [5.74, 6) is -1.32. The Morgan fingerprint density at radius 2 is 1.80 bits per heavy atom. The number of nitrogens with zero attached hydrogens (tertiary/aromatic N) is 3. The second-order valence-corrected chi connectivity index (χ2v) is 7.45. The van der Waals surface area contributed by atoms with Crippen LogP contribution in [0, 0.1) is 6.92 Å². The molecule has 4 rings (SSSR count). The average Bonchev–Trinajstić information content (AvgIpc) is 2.75. The van der Waals surface area contributed by atoms with E-state index in [1.54, 1.807) is 24.5 Å². The third-order valence-corrected chi connectivity index (χ3v) is 5.52. The smallest absolute Gasteiger partial charge is 0.336 e. The maximum atomic E-state index is 12.2. The van der Waals surface area contributed by atoms with Crippen LogP contribution in [0.5, 0.6) is 0 Å². The molecule has 0 saturated carbocycles. The molecule has 0 radical (unpaired) electrons. The van der Waals surface area contributed by atoms with E-state index in [1.165, 1.54) is 6.07 Å². The molecule has 3 aromatic rings. The first kappa shape index (κ1) is 19.6. The van der Waals surface area contributed by atoms with E-state index in [0.717, 1.165) is 23.2 Å². The van der Waals surface area contributed by atoms with E-state index in [1.807, 2.05) is 31.2 Å². The highest BCUT2D eigenvalue weighted by Crippen LogP contribution is 2.34. The van der Waals surface area contributed by atoms with Gasteiger partial charge in [0.05, 0.1) is 11.1 Å². The summed E-state index contributed by atoms with van der Waals surface area (Å²) in [6.07, 6.45) is 5.37. The number of hydrogen-bond acceptors (Lipinski definition) is 5. The summed E-state index contributed by atoms with van der Waals surface area (Å²) in [5.41, 5.74) is 9.38. The van der Waals surface area contributed by atoms with Gasteiger partial charge in [-0.3, -0.25) is 4.79 Å². The number of carbonyl (C=O) groups excluding carboxylic acids is 1. The van der Waals surface area contributed by atoms with Gasteiger partial charge in [-0.25, -0.2) is 14.8 Å². The lowest BCUT2D eigenvalue weighted by Gasteiger charge is -2.36. The Morgan fingerprint density at radius 3 is 2.43 bits per heavy atom. The quantitative estimate of drug-likeness (QED) is 0.678. The Hall–Kier alpha value is -3.74. The van der Waals surface area contributed by atoms with Gasteiger partial charge in [-0.15, -0.1) is 0 Å². The fourth-order valence-electron chi connectivity index (χ4n) is 4.11. The van der Waals surface area contributed by atoms with Crippen LogP contribution in [0.1, 0.15) is 43.8 Å². The van der Waals surface area contributed by atoms with Crippen molar-refractivity contribution in [3.63, 3.8) is 0 Å². The first-order valence-corrected chi connectivity index (χ1v) is 9.76. The summed E-state index contributed by atoms with van der Waals surface area (Å²) < 4.78 is 0. The summed E-state index contributed by atoms with van der Waals surface area (Å²) in [5, 5.41) is 9.54. The fourth-order valence-corrected chi connectivity index (χ4v) is 4.11. The van der Waals surface area contributed by atoms with E-state index >= 15 is 0 Å². The first-order valence-electron chi connectivity index (χ1n) is 9.76. The number of nitrogens with two attached hydrogens (primary N) is 1. The highest BCUT2D eigenvalue weighted by molar-refractivity contribution is 6.05. The molecule has 7 nitrogen and oxygen atoms in total. The van der Waals surface area contributed by atoms with Crippen molar-refractivity contribution in [3.05, 3.63) is 82.7 Å². The Kier molecular flexibility index (Phi) is 5.18. The molecule has 1 amide bonds. The van der Waals surface area contributed by atoms with E-state index in [9.17, 15) is 14.7 Å². The molecule has 1 aromatic heterocycles. The second kappa shape index (κ2) is 7.94. The molecule has 0 aliphatic heterocycles. The van der Waals surface area contributed by atoms with Gasteiger partial charge in [-0.1, -0.05) is 23.8 Å². The van der Waals surface area contributed by atoms with Crippen LogP contribution >= 0.6 is 0 Å². The van der Waals surface area contributed by atoms with Crippen molar-refractivity contribution in [2.75, 3.05) is 4.90 Å². The highest BCUT2D eigenvalue weighted by atomic mass is 16.4. The number of primary amides is 1. The molecule has 30 heavy (non-hydrogen) atoms. The molecule has 2 aromatic carbocycles. The van der Waals surface area contributed by atoms with Crippen LogP contribution in [0.2, 0.25) is 0 Å². The molecule has 1 atom stereocenters. The monoisotopic (exact) mass is 402 g/mol. The lowest BCUT2D eigenvalue weighted by atomic mass is 9.82. The molecule has 1 aliphatic carbocycles. The maximum Gasteiger partial charge on any atom is 0.336 e. The minimum Gasteiger partial charge on any atom is -0.478 e. The maximum absolute atomic E-state index is 12.2. The number of rotatable bonds is 5. The van der Waals surface area contributed by atoms with Crippen molar-refractivity contribution < 1.29 is 14.7 Å². The number of fused-ring (bicyclic) bond motifs is 1. The summed E-state index contributed by atoms with van der Waals surface area (Å²) in [6, 6.07) is 13.1. The summed E-state index contributed by atoms with van der Waals surface area (Å²) in [7, 11) is 0. The van der Waals surface area contributed by atoms with E-state index < -0.39 is 11.9 Å². The molecule has 0 fully saturated rings. The van der Waals surface area contributed by atoms with Crippen LogP contribution in [-0.4, -0.2) is 33.0 Å².